The number of pyridine rings is 1. The average molecular weight is 343 g/mol. The fraction of sp³-hybridized carbons (Fsp3) is 0.550. The second-order valence-electron chi connectivity index (χ2n) is 7.46. The number of benzene rings is 1. The lowest BCUT2D eigenvalue weighted by molar-refractivity contribution is -0.884. The lowest BCUT2D eigenvalue weighted by Crippen LogP contribution is -2.55. The largest absolute Gasteiger partial charge is 0.497 e. The van der Waals surface area contributed by atoms with Crippen molar-refractivity contribution < 1.29 is 19.8 Å². The van der Waals surface area contributed by atoms with E-state index in [9.17, 15) is 10.3 Å². The van der Waals surface area contributed by atoms with Crippen LogP contribution in [0.2, 0.25) is 0 Å². The minimum Gasteiger partial charge on any atom is -0.497 e. The molecule has 1 aromatic heterocycles. The fourth-order valence-corrected chi connectivity index (χ4v) is 4.83. The Morgan fingerprint density at radius 1 is 1.36 bits per heavy atom. The van der Waals surface area contributed by atoms with Crippen LogP contribution in [0.4, 0.5) is 0 Å². The van der Waals surface area contributed by atoms with E-state index in [1.807, 2.05) is 24.3 Å². The molecule has 0 amide bonds. The van der Waals surface area contributed by atoms with Gasteiger partial charge in [-0.05, 0) is 43.4 Å². The average Bonchev–Trinajstić information content (AvgIpc) is 2.67. The molecule has 0 radical (unpaired) electrons. The van der Waals surface area contributed by atoms with E-state index < -0.39 is 6.10 Å². The SMILES string of the molecule is CCC1CN2CCC1CC2[C@@H](O)c1cc[n+](O)c2ccc(OC)cc12. The molecule has 0 spiro atoms. The van der Waals surface area contributed by atoms with Gasteiger partial charge in [-0.15, -0.1) is 0 Å². The molecule has 5 nitrogen and oxygen atoms in total. The smallest absolute Gasteiger partial charge is 0.265 e. The molecule has 0 saturated carbocycles. The van der Waals surface area contributed by atoms with E-state index in [0.717, 1.165) is 52.8 Å². The number of ether oxygens (including phenoxy) is 1. The summed E-state index contributed by atoms with van der Waals surface area (Å²) < 4.78 is 6.44. The van der Waals surface area contributed by atoms with Crippen LogP contribution in [0.1, 0.15) is 37.9 Å². The number of methoxy groups -OCH3 is 1. The van der Waals surface area contributed by atoms with E-state index in [-0.39, 0.29) is 6.04 Å². The van der Waals surface area contributed by atoms with Gasteiger partial charge in [-0.25, -0.2) is 0 Å². The van der Waals surface area contributed by atoms with Gasteiger partial charge in [0.25, 0.3) is 5.52 Å². The molecule has 4 unspecified atom stereocenters. The lowest BCUT2D eigenvalue weighted by atomic mass is 9.72. The summed E-state index contributed by atoms with van der Waals surface area (Å²) in [6.07, 6.45) is 4.58. The number of hydrogen-bond acceptors (Lipinski definition) is 4. The maximum Gasteiger partial charge on any atom is 0.265 e. The first-order valence-electron chi connectivity index (χ1n) is 9.26. The molecular weight excluding hydrogens is 316 g/mol. The maximum atomic E-state index is 11.2. The number of rotatable bonds is 4. The van der Waals surface area contributed by atoms with Crippen molar-refractivity contribution in [3.05, 3.63) is 36.0 Å². The van der Waals surface area contributed by atoms with Crippen molar-refractivity contribution in [2.45, 2.75) is 38.3 Å². The normalized spacial score (nSPS) is 29.7. The highest BCUT2D eigenvalue weighted by molar-refractivity contribution is 5.81. The highest BCUT2D eigenvalue weighted by Gasteiger charge is 2.42. The predicted molar refractivity (Wildman–Crippen MR) is 94.7 cm³/mol. The Bertz CT molecular complexity index is 779. The van der Waals surface area contributed by atoms with E-state index in [2.05, 4.69) is 11.8 Å². The summed E-state index contributed by atoms with van der Waals surface area (Å²) in [6, 6.07) is 7.53. The molecule has 2 N–H and O–H groups in total. The minimum absolute atomic E-state index is 0.158. The van der Waals surface area contributed by atoms with Crippen LogP contribution in [0.5, 0.6) is 5.75 Å². The standard InChI is InChI=1S/C20H27N2O3/c1-3-13-12-21-8-6-14(13)10-19(21)20(23)16-7-9-22(24)18-5-4-15(25-2)11-17(16)18/h4-5,7,9,11,13-14,19-20,23-24H,3,6,8,10,12H2,1-2H3/q+1/t13?,14?,19?,20-/m0/s1. The maximum absolute atomic E-state index is 11.2. The van der Waals surface area contributed by atoms with Crippen LogP contribution in [0.15, 0.2) is 30.5 Å². The highest BCUT2D eigenvalue weighted by atomic mass is 16.5. The number of piperidine rings is 3. The molecule has 0 aliphatic carbocycles. The molecule has 3 aliphatic heterocycles. The summed E-state index contributed by atoms with van der Waals surface area (Å²) in [6.45, 7) is 4.45. The summed E-state index contributed by atoms with van der Waals surface area (Å²) in [5.41, 5.74) is 1.55. The van der Waals surface area contributed by atoms with Crippen molar-refractivity contribution in [1.29, 1.82) is 0 Å². The predicted octanol–water partition coefficient (Wildman–Crippen LogP) is 2.53. The zero-order valence-corrected chi connectivity index (χ0v) is 14.9. The molecular formula is C20H27N2O3+. The number of aliphatic hydroxyl groups excluding tert-OH is 1. The molecule has 5 atom stereocenters. The van der Waals surface area contributed by atoms with Gasteiger partial charge in [0.1, 0.15) is 5.75 Å². The van der Waals surface area contributed by atoms with Gasteiger partial charge in [0.05, 0.1) is 18.6 Å². The second kappa shape index (κ2) is 6.46. The Morgan fingerprint density at radius 3 is 2.88 bits per heavy atom. The monoisotopic (exact) mass is 343 g/mol. The zero-order valence-electron chi connectivity index (χ0n) is 14.9. The van der Waals surface area contributed by atoms with E-state index in [1.165, 1.54) is 12.8 Å². The van der Waals surface area contributed by atoms with Gasteiger partial charge in [0, 0.05) is 35.0 Å². The van der Waals surface area contributed by atoms with Crippen LogP contribution in [0.25, 0.3) is 10.9 Å². The molecule has 4 heterocycles. The quantitative estimate of drug-likeness (QED) is 0.662. The number of aromatic nitrogens is 1. The van der Waals surface area contributed by atoms with Gasteiger partial charge in [-0.2, -0.15) is 0 Å². The van der Waals surface area contributed by atoms with Crippen LogP contribution in [0, 0.1) is 11.8 Å². The van der Waals surface area contributed by atoms with Gasteiger partial charge < -0.3 is 9.84 Å². The van der Waals surface area contributed by atoms with Gasteiger partial charge in [0.2, 0.25) is 6.20 Å². The van der Waals surface area contributed by atoms with E-state index in [1.54, 1.807) is 13.3 Å². The van der Waals surface area contributed by atoms with Gasteiger partial charge in [-0.1, -0.05) is 13.3 Å². The first-order valence-corrected chi connectivity index (χ1v) is 9.26. The van der Waals surface area contributed by atoms with Crippen molar-refractivity contribution in [2.24, 2.45) is 11.8 Å². The molecule has 2 aromatic rings. The van der Waals surface area contributed by atoms with Crippen LogP contribution >= 0.6 is 0 Å². The van der Waals surface area contributed by atoms with Crippen LogP contribution in [-0.2, 0) is 0 Å². The van der Waals surface area contributed by atoms with Crippen LogP contribution in [-0.4, -0.2) is 41.5 Å². The fourth-order valence-electron chi connectivity index (χ4n) is 4.83. The Morgan fingerprint density at radius 2 is 2.20 bits per heavy atom. The van der Waals surface area contributed by atoms with E-state index in [0.29, 0.717) is 5.52 Å². The highest BCUT2D eigenvalue weighted by Crippen LogP contribution is 2.42. The lowest BCUT2D eigenvalue weighted by Gasteiger charge is -2.51. The molecule has 2 bridgehead atoms. The summed E-state index contributed by atoms with van der Waals surface area (Å²) in [5, 5.41) is 22.2. The van der Waals surface area contributed by atoms with Crippen LogP contribution < -0.4 is 9.47 Å². The summed E-state index contributed by atoms with van der Waals surface area (Å²) in [4.78, 5) is 2.46. The van der Waals surface area contributed by atoms with Gasteiger partial charge >= 0.3 is 0 Å². The van der Waals surface area contributed by atoms with Crippen molar-refractivity contribution in [3.8, 4) is 5.75 Å². The summed E-state index contributed by atoms with van der Waals surface area (Å²) in [7, 11) is 1.63. The Labute approximate surface area is 148 Å². The van der Waals surface area contributed by atoms with E-state index in [4.69, 9.17) is 4.74 Å². The minimum atomic E-state index is -0.559. The third-order valence-electron chi connectivity index (χ3n) is 6.30. The molecule has 3 fully saturated rings. The third-order valence-corrected chi connectivity index (χ3v) is 6.30. The topological polar surface area (TPSA) is 56.8 Å². The summed E-state index contributed by atoms with van der Waals surface area (Å²) in [5.74, 6) is 2.22. The molecule has 3 aliphatic rings. The molecule has 5 heteroatoms. The molecule has 25 heavy (non-hydrogen) atoms. The number of aliphatic hydroxyl groups is 1. The Hall–Kier alpha value is -1.85. The van der Waals surface area contributed by atoms with Crippen molar-refractivity contribution >= 4 is 10.9 Å². The Balaban J connectivity index is 1.71. The number of nitrogens with zero attached hydrogens (tertiary/aromatic N) is 2. The van der Waals surface area contributed by atoms with Crippen molar-refractivity contribution in [2.75, 3.05) is 20.2 Å². The molecule has 134 valence electrons. The second-order valence-corrected chi connectivity index (χ2v) is 7.46. The van der Waals surface area contributed by atoms with Gasteiger partial charge in [-0.3, -0.25) is 10.1 Å². The molecule has 1 aromatic carbocycles. The van der Waals surface area contributed by atoms with E-state index >= 15 is 0 Å². The first-order chi connectivity index (χ1) is 12.1. The molecule has 3 saturated heterocycles. The van der Waals surface area contributed by atoms with Crippen LogP contribution in [0.3, 0.4) is 0 Å². The number of hydrogen-bond donors (Lipinski definition) is 2. The number of fused-ring (bicyclic) bond motifs is 4. The summed E-state index contributed by atoms with van der Waals surface area (Å²) >= 11 is 0. The zero-order chi connectivity index (χ0) is 17.6. The molecule has 5 rings (SSSR count). The van der Waals surface area contributed by atoms with Gasteiger partial charge in [0.15, 0.2) is 0 Å². The Kier molecular flexibility index (Phi) is 4.29. The first kappa shape index (κ1) is 16.6. The third kappa shape index (κ3) is 2.75. The van der Waals surface area contributed by atoms with Crippen molar-refractivity contribution in [1.82, 2.24) is 4.90 Å². The van der Waals surface area contributed by atoms with Crippen molar-refractivity contribution in [3.63, 3.8) is 0 Å².